The van der Waals surface area contributed by atoms with Crippen LogP contribution in [0.4, 0.5) is 8.78 Å². The smallest absolute Gasteiger partial charge is 0.304 e. The van der Waals surface area contributed by atoms with Gasteiger partial charge in [0.2, 0.25) is 0 Å². The Hall–Kier alpha value is -0.790. The van der Waals surface area contributed by atoms with Crippen molar-refractivity contribution in [1.82, 2.24) is 6.15 Å². The topological polar surface area (TPSA) is 89.4 Å². The summed E-state index contributed by atoms with van der Waals surface area (Å²) in [4.78, 5) is 0. The highest BCUT2D eigenvalue weighted by Gasteiger charge is 2.43. The average molecular weight is 213 g/mol. The van der Waals surface area contributed by atoms with E-state index in [-0.39, 0.29) is 6.15 Å². The third-order valence-electron chi connectivity index (χ3n) is 1.46. The van der Waals surface area contributed by atoms with Gasteiger partial charge in [-0.25, -0.2) is 8.78 Å². The van der Waals surface area contributed by atoms with Crippen molar-refractivity contribution < 1.29 is 21.8 Å². The minimum Gasteiger partial charge on any atom is -0.344 e. The van der Waals surface area contributed by atoms with Crippen LogP contribution in [0.15, 0.2) is 24.1 Å². The summed E-state index contributed by atoms with van der Waals surface area (Å²) in [6.07, 6.45) is 1.48. The highest BCUT2D eigenvalue weighted by atomic mass is 32.2. The monoisotopic (exact) mass is 213 g/mol. The summed E-state index contributed by atoms with van der Waals surface area (Å²) in [6.45, 7) is 0. The molecule has 4 nitrogen and oxygen atoms in total. The average Bonchev–Trinajstić information content (AvgIpc) is 1.83. The molecule has 1 aliphatic rings. The molecule has 1 rings (SSSR count). The quantitative estimate of drug-likeness (QED) is 0.646. The number of halogens is 2. The Balaban J connectivity index is 0.00000144. The van der Waals surface area contributed by atoms with E-state index >= 15 is 0 Å². The van der Waals surface area contributed by atoms with Gasteiger partial charge < -0.3 is 6.15 Å². The molecule has 0 fully saturated rings. The molecule has 13 heavy (non-hydrogen) atoms. The van der Waals surface area contributed by atoms with Crippen LogP contribution in [0.3, 0.4) is 0 Å². The molecule has 0 spiro atoms. The number of hydrogen-bond donors (Lipinski definition) is 2. The van der Waals surface area contributed by atoms with Gasteiger partial charge in [-0.1, -0.05) is 6.08 Å². The molecule has 1 aliphatic carbocycles. The lowest BCUT2D eigenvalue weighted by Gasteiger charge is -2.18. The van der Waals surface area contributed by atoms with Gasteiger partial charge in [0.15, 0.2) is 0 Å². The maximum atomic E-state index is 13.1. The number of rotatable bonds is 1. The Morgan fingerprint density at radius 2 is 2.08 bits per heavy atom. The first-order chi connectivity index (χ1) is 5.35. The molecule has 0 aromatic carbocycles. The van der Waals surface area contributed by atoms with E-state index in [2.05, 4.69) is 0 Å². The number of alkyl halides is 1. The maximum absolute atomic E-state index is 13.1. The highest BCUT2D eigenvalue weighted by molar-refractivity contribution is 7.87. The number of hydrogen-bond acceptors (Lipinski definition) is 3. The van der Waals surface area contributed by atoms with Crippen LogP contribution in [0.1, 0.15) is 6.42 Å². The predicted octanol–water partition coefficient (Wildman–Crippen LogP) is 1.52. The van der Waals surface area contributed by atoms with Gasteiger partial charge in [0.05, 0.1) is 6.42 Å². The molecule has 0 amide bonds. The molecule has 0 saturated heterocycles. The van der Waals surface area contributed by atoms with Crippen molar-refractivity contribution in [2.24, 2.45) is 0 Å². The first kappa shape index (κ1) is 12.2. The fourth-order valence-electron chi connectivity index (χ4n) is 0.822. The first-order valence-corrected chi connectivity index (χ1v) is 4.49. The summed E-state index contributed by atoms with van der Waals surface area (Å²) in [6, 6.07) is 0. The molecule has 7 heteroatoms. The first-order valence-electron chi connectivity index (χ1n) is 3.05. The SMILES string of the molecule is N.O=S(=O)(O)C1(F)C=CC=C(F)C1. The second kappa shape index (κ2) is 3.52. The minimum absolute atomic E-state index is 0. The summed E-state index contributed by atoms with van der Waals surface area (Å²) >= 11 is 0. The molecular formula is C6H9F2NO3S. The number of allylic oxidation sites excluding steroid dienone is 3. The summed E-state index contributed by atoms with van der Waals surface area (Å²) in [5.74, 6) is -0.919. The molecule has 0 aliphatic heterocycles. The van der Waals surface area contributed by atoms with Crippen molar-refractivity contribution >= 4 is 10.1 Å². The molecule has 0 saturated carbocycles. The van der Waals surface area contributed by atoms with Crippen molar-refractivity contribution in [3.05, 3.63) is 24.1 Å². The lowest BCUT2D eigenvalue weighted by atomic mass is 10.1. The van der Waals surface area contributed by atoms with E-state index < -0.39 is 27.4 Å². The zero-order valence-corrected chi connectivity index (χ0v) is 7.39. The standard InChI is InChI=1S/C6H6F2O3S.H3N/c7-5-2-1-3-6(8,4-5)12(9,10)11;/h1-3H,4H2,(H,9,10,11);1H3. The Kier molecular flexibility index (Phi) is 3.31. The van der Waals surface area contributed by atoms with Crippen LogP contribution < -0.4 is 6.15 Å². The molecule has 0 heterocycles. The summed E-state index contributed by atoms with van der Waals surface area (Å²) in [7, 11) is -4.89. The Morgan fingerprint density at radius 1 is 1.54 bits per heavy atom. The molecule has 0 aromatic rings. The van der Waals surface area contributed by atoms with Crippen LogP contribution in [-0.4, -0.2) is 18.0 Å². The Morgan fingerprint density at radius 3 is 2.38 bits per heavy atom. The predicted molar refractivity (Wildman–Crippen MR) is 43.4 cm³/mol. The lowest BCUT2D eigenvalue weighted by molar-refractivity contribution is 0.281. The summed E-state index contributed by atoms with van der Waals surface area (Å²) < 4.78 is 54.7. The van der Waals surface area contributed by atoms with Crippen molar-refractivity contribution in [3.8, 4) is 0 Å². The van der Waals surface area contributed by atoms with Crippen LogP contribution in [0.5, 0.6) is 0 Å². The van der Waals surface area contributed by atoms with Gasteiger partial charge in [0.25, 0.3) is 5.00 Å². The third-order valence-corrected chi connectivity index (χ3v) is 2.60. The second-order valence-corrected chi connectivity index (χ2v) is 4.04. The molecular weight excluding hydrogens is 204 g/mol. The Bertz CT molecular complexity index is 349. The van der Waals surface area contributed by atoms with E-state index in [9.17, 15) is 17.2 Å². The minimum atomic E-state index is -4.89. The largest absolute Gasteiger partial charge is 0.344 e. The van der Waals surface area contributed by atoms with Crippen LogP contribution in [0.2, 0.25) is 0 Å². The van der Waals surface area contributed by atoms with E-state index in [1.54, 1.807) is 0 Å². The molecule has 4 N–H and O–H groups in total. The highest BCUT2D eigenvalue weighted by Crippen LogP contribution is 2.31. The van der Waals surface area contributed by atoms with Gasteiger partial charge in [0, 0.05) is 0 Å². The molecule has 0 bridgehead atoms. The van der Waals surface area contributed by atoms with Gasteiger partial charge >= 0.3 is 10.1 Å². The summed E-state index contributed by atoms with van der Waals surface area (Å²) in [5.41, 5.74) is 0. The van der Waals surface area contributed by atoms with Gasteiger partial charge in [-0.15, -0.1) is 0 Å². The van der Waals surface area contributed by atoms with Gasteiger partial charge in [0.1, 0.15) is 5.83 Å². The van der Waals surface area contributed by atoms with Crippen molar-refractivity contribution in [3.63, 3.8) is 0 Å². The van der Waals surface area contributed by atoms with Gasteiger partial charge in [-0.3, -0.25) is 4.55 Å². The van der Waals surface area contributed by atoms with E-state index in [4.69, 9.17) is 4.55 Å². The molecule has 1 atom stereocenters. The van der Waals surface area contributed by atoms with Crippen LogP contribution in [0.25, 0.3) is 0 Å². The third kappa shape index (κ3) is 2.33. The normalized spacial score (nSPS) is 27.8. The molecule has 1 unspecified atom stereocenters. The molecule has 0 radical (unpaired) electrons. The second-order valence-electron chi connectivity index (χ2n) is 2.41. The van der Waals surface area contributed by atoms with E-state index in [0.717, 1.165) is 12.2 Å². The van der Waals surface area contributed by atoms with Crippen molar-refractivity contribution in [2.75, 3.05) is 0 Å². The van der Waals surface area contributed by atoms with E-state index in [1.807, 2.05) is 0 Å². The fraction of sp³-hybridized carbons (Fsp3) is 0.333. The zero-order chi connectivity index (χ0) is 9.41. The Labute approximate surface area is 74.3 Å². The van der Waals surface area contributed by atoms with Gasteiger partial charge in [-0.2, -0.15) is 8.42 Å². The zero-order valence-electron chi connectivity index (χ0n) is 6.57. The van der Waals surface area contributed by atoms with Crippen molar-refractivity contribution in [1.29, 1.82) is 0 Å². The molecule has 76 valence electrons. The van der Waals surface area contributed by atoms with Crippen LogP contribution >= 0.6 is 0 Å². The van der Waals surface area contributed by atoms with E-state index in [0.29, 0.717) is 6.08 Å². The fourth-order valence-corrected chi connectivity index (χ4v) is 1.39. The molecule has 0 aromatic heterocycles. The summed E-state index contributed by atoms with van der Waals surface area (Å²) in [5, 5.41) is -3.01. The lowest BCUT2D eigenvalue weighted by Crippen LogP contribution is -2.32. The van der Waals surface area contributed by atoms with E-state index in [1.165, 1.54) is 0 Å². The van der Waals surface area contributed by atoms with Gasteiger partial charge in [-0.05, 0) is 12.2 Å². The maximum Gasteiger partial charge on any atom is 0.304 e. The van der Waals surface area contributed by atoms with Crippen LogP contribution in [-0.2, 0) is 10.1 Å². The van der Waals surface area contributed by atoms with Crippen LogP contribution in [0, 0.1) is 0 Å². The van der Waals surface area contributed by atoms with Crippen molar-refractivity contribution in [2.45, 2.75) is 11.4 Å².